The lowest BCUT2D eigenvalue weighted by Crippen LogP contribution is -2.55. The maximum absolute atomic E-state index is 13.0. The highest BCUT2D eigenvalue weighted by Crippen LogP contribution is 2.19. The maximum Gasteiger partial charge on any atom is 0.123 e. The van der Waals surface area contributed by atoms with Gasteiger partial charge in [0, 0.05) is 18.3 Å². The smallest absolute Gasteiger partial charge is 0.123 e. The van der Waals surface area contributed by atoms with Crippen LogP contribution in [0.5, 0.6) is 0 Å². The average molecular weight is 349 g/mol. The lowest BCUT2D eigenvalue weighted by Gasteiger charge is -2.39. The zero-order valence-electron chi connectivity index (χ0n) is 14.3. The summed E-state index contributed by atoms with van der Waals surface area (Å²) in [5, 5.41) is 24.5. The molecule has 1 aliphatic heterocycles. The molecule has 1 saturated heterocycles. The molecule has 0 amide bonds. The quantitative estimate of drug-likeness (QED) is 0.824. The first-order chi connectivity index (χ1) is 12.1. The first kappa shape index (κ1) is 18.0. The standard InChI is InChI=1S/C18H24FN3O3/c1-2-7-21(16-11-25-12-17(23)18(16)24)9-13-8-20-22(10-13)15-5-3-14(19)4-6-15/h3-6,8,10,16-18,23-24H,2,7,9,11-12H2,1H3/t16-,17-,18+/m1/s1. The van der Waals surface area contributed by atoms with Gasteiger partial charge < -0.3 is 14.9 Å². The molecule has 1 aromatic carbocycles. The molecule has 1 fully saturated rings. The molecule has 0 unspecified atom stereocenters. The SMILES string of the molecule is CCCN(Cc1cnn(-c2ccc(F)cc2)c1)[C@@H]1COC[C@@H](O)[C@H]1O. The van der Waals surface area contributed by atoms with Crippen molar-refractivity contribution in [3.8, 4) is 5.69 Å². The first-order valence-corrected chi connectivity index (χ1v) is 8.56. The van der Waals surface area contributed by atoms with Gasteiger partial charge in [-0.05, 0) is 37.2 Å². The number of aliphatic hydroxyl groups is 2. The van der Waals surface area contributed by atoms with E-state index in [0.29, 0.717) is 13.2 Å². The molecule has 3 rings (SSSR count). The van der Waals surface area contributed by atoms with Crippen LogP contribution in [0.25, 0.3) is 5.69 Å². The Morgan fingerprint density at radius 3 is 2.76 bits per heavy atom. The van der Waals surface area contributed by atoms with Crippen LogP contribution in [0.15, 0.2) is 36.7 Å². The van der Waals surface area contributed by atoms with Crippen LogP contribution in [-0.2, 0) is 11.3 Å². The van der Waals surface area contributed by atoms with Crippen molar-refractivity contribution in [2.75, 3.05) is 19.8 Å². The van der Waals surface area contributed by atoms with Crippen LogP contribution in [-0.4, -0.2) is 62.9 Å². The van der Waals surface area contributed by atoms with E-state index in [2.05, 4.69) is 16.9 Å². The van der Waals surface area contributed by atoms with Gasteiger partial charge in [-0.15, -0.1) is 0 Å². The number of hydrogen-bond donors (Lipinski definition) is 2. The summed E-state index contributed by atoms with van der Waals surface area (Å²) in [5.74, 6) is -0.282. The van der Waals surface area contributed by atoms with Crippen LogP contribution in [0, 0.1) is 5.82 Å². The Morgan fingerprint density at radius 2 is 2.04 bits per heavy atom. The number of halogens is 1. The zero-order chi connectivity index (χ0) is 17.8. The third-order valence-electron chi connectivity index (χ3n) is 4.46. The fourth-order valence-corrected chi connectivity index (χ4v) is 3.15. The van der Waals surface area contributed by atoms with Gasteiger partial charge in [-0.1, -0.05) is 6.92 Å². The molecule has 25 heavy (non-hydrogen) atoms. The topological polar surface area (TPSA) is 70.8 Å². The van der Waals surface area contributed by atoms with Gasteiger partial charge in [-0.3, -0.25) is 4.90 Å². The minimum atomic E-state index is -0.861. The monoisotopic (exact) mass is 349 g/mol. The molecular weight excluding hydrogens is 325 g/mol. The van der Waals surface area contributed by atoms with Crippen molar-refractivity contribution in [3.05, 3.63) is 48.0 Å². The second kappa shape index (κ2) is 8.05. The van der Waals surface area contributed by atoms with Gasteiger partial charge in [0.25, 0.3) is 0 Å². The van der Waals surface area contributed by atoms with E-state index >= 15 is 0 Å². The molecule has 2 heterocycles. The molecule has 0 radical (unpaired) electrons. The summed E-state index contributed by atoms with van der Waals surface area (Å²) in [6.45, 7) is 4.00. The Kier molecular flexibility index (Phi) is 5.80. The lowest BCUT2D eigenvalue weighted by atomic mass is 10.0. The van der Waals surface area contributed by atoms with Crippen LogP contribution in [0.3, 0.4) is 0 Å². The molecular formula is C18H24FN3O3. The first-order valence-electron chi connectivity index (χ1n) is 8.56. The van der Waals surface area contributed by atoms with E-state index in [9.17, 15) is 14.6 Å². The third-order valence-corrected chi connectivity index (χ3v) is 4.46. The maximum atomic E-state index is 13.0. The number of ether oxygens (including phenoxy) is 1. The molecule has 2 aromatic rings. The molecule has 6 nitrogen and oxygen atoms in total. The Morgan fingerprint density at radius 1 is 1.28 bits per heavy atom. The minimum Gasteiger partial charge on any atom is -0.389 e. The van der Waals surface area contributed by atoms with Crippen molar-refractivity contribution < 1.29 is 19.3 Å². The highest BCUT2D eigenvalue weighted by molar-refractivity contribution is 5.31. The molecule has 1 aliphatic rings. The Labute approximate surface area is 146 Å². The Balaban J connectivity index is 1.73. The summed E-state index contributed by atoms with van der Waals surface area (Å²) in [7, 11) is 0. The number of nitrogens with zero attached hydrogens (tertiary/aromatic N) is 3. The third kappa shape index (κ3) is 4.24. The van der Waals surface area contributed by atoms with Gasteiger partial charge in [-0.2, -0.15) is 5.10 Å². The van der Waals surface area contributed by atoms with Gasteiger partial charge in [0.2, 0.25) is 0 Å². The molecule has 136 valence electrons. The van der Waals surface area contributed by atoms with Crippen LogP contribution in [0.4, 0.5) is 4.39 Å². The summed E-state index contributed by atoms with van der Waals surface area (Å²) >= 11 is 0. The van der Waals surface area contributed by atoms with E-state index in [-0.39, 0.29) is 18.5 Å². The fraction of sp³-hybridized carbons (Fsp3) is 0.500. The highest BCUT2D eigenvalue weighted by atomic mass is 19.1. The van der Waals surface area contributed by atoms with Gasteiger partial charge in [0.15, 0.2) is 0 Å². The predicted octanol–water partition coefficient (Wildman–Crippen LogP) is 1.34. The zero-order valence-corrected chi connectivity index (χ0v) is 14.3. The van der Waals surface area contributed by atoms with Gasteiger partial charge in [0.1, 0.15) is 11.9 Å². The van der Waals surface area contributed by atoms with Crippen molar-refractivity contribution in [1.82, 2.24) is 14.7 Å². The fourth-order valence-electron chi connectivity index (χ4n) is 3.15. The summed E-state index contributed by atoms with van der Waals surface area (Å²) in [5.41, 5.74) is 1.76. The number of aliphatic hydroxyl groups excluding tert-OH is 2. The second-order valence-corrected chi connectivity index (χ2v) is 6.40. The molecule has 0 spiro atoms. The Bertz CT molecular complexity index is 676. The van der Waals surface area contributed by atoms with Crippen LogP contribution >= 0.6 is 0 Å². The highest BCUT2D eigenvalue weighted by Gasteiger charge is 2.35. The van der Waals surface area contributed by atoms with Crippen LogP contribution in [0.2, 0.25) is 0 Å². The predicted molar refractivity (Wildman–Crippen MR) is 90.8 cm³/mol. The number of benzene rings is 1. The molecule has 0 bridgehead atoms. The van der Waals surface area contributed by atoms with Crippen molar-refractivity contribution in [3.63, 3.8) is 0 Å². The van der Waals surface area contributed by atoms with E-state index < -0.39 is 12.2 Å². The molecule has 0 aliphatic carbocycles. The number of aromatic nitrogens is 2. The van der Waals surface area contributed by atoms with Gasteiger partial charge in [-0.25, -0.2) is 9.07 Å². The summed E-state index contributed by atoms with van der Waals surface area (Å²) in [6, 6.07) is 5.89. The van der Waals surface area contributed by atoms with E-state index in [1.807, 2.05) is 6.20 Å². The normalized spacial score (nSPS) is 24.0. The minimum absolute atomic E-state index is 0.167. The summed E-state index contributed by atoms with van der Waals surface area (Å²) < 4.78 is 20.1. The molecule has 7 heteroatoms. The molecule has 0 saturated carbocycles. The van der Waals surface area contributed by atoms with E-state index in [0.717, 1.165) is 24.2 Å². The number of hydrogen-bond acceptors (Lipinski definition) is 5. The lowest BCUT2D eigenvalue weighted by molar-refractivity contribution is -0.134. The summed E-state index contributed by atoms with van der Waals surface area (Å²) in [6.07, 6.45) is 2.89. The van der Waals surface area contributed by atoms with E-state index in [4.69, 9.17) is 4.74 Å². The second-order valence-electron chi connectivity index (χ2n) is 6.40. The Hall–Kier alpha value is -1.80. The van der Waals surface area contributed by atoms with E-state index in [1.165, 1.54) is 12.1 Å². The van der Waals surface area contributed by atoms with Crippen LogP contribution < -0.4 is 0 Å². The van der Waals surface area contributed by atoms with Gasteiger partial charge in [0.05, 0.1) is 37.2 Å². The largest absolute Gasteiger partial charge is 0.389 e. The van der Waals surface area contributed by atoms with Crippen molar-refractivity contribution >= 4 is 0 Å². The van der Waals surface area contributed by atoms with Crippen molar-refractivity contribution in [2.24, 2.45) is 0 Å². The van der Waals surface area contributed by atoms with Crippen molar-refractivity contribution in [2.45, 2.75) is 38.1 Å². The van der Waals surface area contributed by atoms with Crippen molar-refractivity contribution in [1.29, 1.82) is 0 Å². The number of rotatable bonds is 6. The van der Waals surface area contributed by atoms with E-state index in [1.54, 1.807) is 23.0 Å². The molecule has 2 N–H and O–H groups in total. The summed E-state index contributed by atoms with van der Waals surface area (Å²) in [4.78, 5) is 2.11. The van der Waals surface area contributed by atoms with Gasteiger partial charge >= 0.3 is 0 Å². The average Bonchev–Trinajstić information content (AvgIpc) is 3.06. The van der Waals surface area contributed by atoms with Crippen LogP contribution in [0.1, 0.15) is 18.9 Å². The molecule has 3 atom stereocenters. The molecule has 1 aromatic heterocycles.